The minimum absolute atomic E-state index is 1.20. The Hall–Kier alpha value is -3.10. The molecule has 6 rings (SSSR count). The van der Waals surface area contributed by atoms with Crippen LogP contribution in [-0.4, -0.2) is 4.98 Å². The van der Waals surface area contributed by atoms with Gasteiger partial charge in [0.1, 0.15) is 0 Å². The van der Waals surface area contributed by atoms with Gasteiger partial charge >= 0.3 is 0 Å². The number of hydrogen-bond acceptors (Lipinski definition) is 1. The van der Waals surface area contributed by atoms with Crippen LogP contribution in [0.25, 0.3) is 53.1 Å². The zero-order valence-electron chi connectivity index (χ0n) is 14.0. The molecule has 122 valence electrons. The summed E-state index contributed by atoms with van der Waals surface area (Å²) in [5, 5.41) is 5.29. The Morgan fingerprint density at radius 3 is 2.23 bits per heavy atom. The molecule has 26 heavy (non-hydrogen) atoms. The summed E-state index contributed by atoms with van der Waals surface area (Å²) in [6.45, 7) is 0. The molecule has 0 aliphatic rings. The highest BCUT2D eigenvalue weighted by Crippen LogP contribution is 2.44. The van der Waals surface area contributed by atoms with Gasteiger partial charge in [0.25, 0.3) is 0 Å². The lowest BCUT2D eigenvalue weighted by atomic mass is 9.97. The SMILES string of the molecule is c1ccc(-c2cc3sc4ccccc4c3c3[nH]c4ccccc4c23)cc1. The molecular formula is C24H15NS. The maximum atomic E-state index is 3.72. The van der Waals surface area contributed by atoms with E-state index in [1.807, 2.05) is 11.3 Å². The van der Waals surface area contributed by atoms with Gasteiger partial charge in [0.05, 0.1) is 5.52 Å². The lowest BCUT2D eigenvalue weighted by Crippen LogP contribution is -1.80. The molecule has 1 N–H and O–H groups in total. The number of thiophene rings is 1. The summed E-state index contributed by atoms with van der Waals surface area (Å²) in [6, 6.07) is 30.4. The number of benzene rings is 4. The first-order valence-corrected chi connectivity index (χ1v) is 9.62. The average Bonchev–Trinajstić information content (AvgIpc) is 3.26. The van der Waals surface area contributed by atoms with Gasteiger partial charge in [-0.15, -0.1) is 11.3 Å². The van der Waals surface area contributed by atoms with Crippen LogP contribution in [0.15, 0.2) is 84.9 Å². The van der Waals surface area contributed by atoms with E-state index in [1.54, 1.807) is 0 Å². The van der Waals surface area contributed by atoms with Crippen molar-refractivity contribution < 1.29 is 0 Å². The van der Waals surface area contributed by atoms with Gasteiger partial charge in [0, 0.05) is 36.5 Å². The Bertz CT molecular complexity index is 1420. The molecule has 0 aliphatic carbocycles. The van der Waals surface area contributed by atoms with Crippen molar-refractivity contribution in [3.63, 3.8) is 0 Å². The third-order valence-electron chi connectivity index (χ3n) is 5.21. The van der Waals surface area contributed by atoms with Gasteiger partial charge < -0.3 is 4.98 Å². The van der Waals surface area contributed by atoms with E-state index in [-0.39, 0.29) is 0 Å². The second-order valence-corrected chi connectivity index (χ2v) is 7.77. The topological polar surface area (TPSA) is 15.8 Å². The van der Waals surface area contributed by atoms with Crippen molar-refractivity contribution in [2.75, 3.05) is 0 Å². The molecule has 0 atom stereocenters. The molecule has 0 saturated heterocycles. The highest BCUT2D eigenvalue weighted by atomic mass is 32.1. The molecular weight excluding hydrogens is 334 g/mol. The van der Waals surface area contributed by atoms with E-state index >= 15 is 0 Å². The maximum Gasteiger partial charge on any atom is 0.0565 e. The number of fused-ring (bicyclic) bond motifs is 7. The molecule has 6 aromatic rings. The quantitative estimate of drug-likeness (QED) is 0.319. The molecule has 1 nitrogen and oxygen atoms in total. The minimum atomic E-state index is 1.20. The zero-order chi connectivity index (χ0) is 17.1. The van der Waals surface area contributed by atoms with Crippen LogP contribution in [0.5, 0.6) is 0 Å². The fourth-order valence-electron chi connectivity index (χ4n) is 4.08. The van der Waals surface area contributed by atoms with Crippen molar-refractivity contribution >= 4 is 53.3 Å². The third-order valence-corrected chi connectivity index (χ3v) is 6.33. The van der Waals surface area contributed by atoms with Gasteiger partial charge in [-0.1, -0.05) is 66.7 Å². The van der Waals surface area contributed by atoms with E-state index in [1.165, 1.54) is 53.1 Å². The van der Waals surface area contributed by atoms with Crippen LogP contribution in [0.4, 0.5) is 0 Å². The summed E-state index contributed by atoms with van der Waals surface area (Å²) < 4.78 is 2.68. The van der Waals surface area contributed by atoms with E-state index in [0.717, 1.165) is 0 Å². The van der Waals surface area contributed by atoms with Gasteiger partial charge in [-0.05, 0) is 29.3 Å². The van der Waals surface area contributed by atoms with Gasteiger partial charge in [0.15, 0.2) is 0 Å². The van der Waals surface area contributed by atoms with Gasteiger partial charge in [0.2, 0.25) is 0 Å². The Kier molecular flexibility index (Phi) is 2.82. The van der Waals surface area contributed by atoms with Crippen molar-refractivity contribution in [3.05, 3.63) is 84.9 Å². The fourth-order valence-corrected chi connectivity index (χ4v) is 5.24. The molecule has 4 aromatic carbocycles. The number of aromatic amines is 1. The van der Waals surface area contributed by atoms with Gasteiger partial charge in [-0.25, -0.2) is 0 Å². The molecule has 0 amide bonds. The second-order valence-electron chi connectivity index (χ2n) is 6.68. The van der Waals surface area contributed by atoms with E-state index < -0.39 is 0 Å². The third kappa shape index (κ3) is 1.85. The summed E-state index contributed by atoms with van der Waals surface area (Å²) >= 11 is 1.88. The number of rotatable bonds is 1. The van der Waals surface area contributed by atoms with Crippen molar-refractivity contribution in [3.8, 4) is 11.1 Å². The molecule has 0 aliphatic heterocycles. The van der Waals surface area contributed by atoms with Gasteiger partial charge in [-0.2, -0.15) is 0 Å². The van der Waals surface area contributed by atoms with E-state index in [9.17, 15) is 0 Å². The lowest BCUT2D eigenvalue weighted by molar-refractivity contribution is 1.57. The number of nitrogens with one attached hydrogen (secondary N) is 1. The first kappa shape index (κ1) is 14.1. The smallest absolute Gasteiger partial charge is 0.0565 e. The highest BCUT2D eigenvalue weighted by molar-refractivity contribution is 7.26. The predicted molar refractivity (Wildman–Crippen MR) is 114 cm³/mol. The van der Waals surface area contributed by atoms with Crippen LogP contribution in [0, 0.1) is 0 Å². The fraction of sp³-hybridized carbons (Fsp3) is 0. The Morgan fingerprint density at radius 1 is 0.615 bits per heavy atom. The van der Waals surface area contributed by atoms with Crippen molar-refractivity contribution in [1.82, 2.24) is 4.98 Å². The molecule has 0 bridgehead atoms. The summed E-state index contributed by atoms with van der Waals surface area (Å²) in [5.41, 5.74) is 5.01. The van der Waals surface area contributed by atoms with E-state index in [0.29, 0.717) is 0 Å². The summed E-state index contributed by atoms with van der Waals surface area (Å²) in [5.74, 6) is 0. The standard InChI is InChI=1S/C24H15NS/c1-2-8-15(9-3-1)18-14-21-23(17-11-5-7-13-20(17)26-21)24-22(18)16-10-4-6-12-19(16)25-24/h1-14,25H. The molecule has 0 saturated carbocycles. The molecule has 2 heterocycles. The predicted octanol–water partition coefficient (Wildman–Crippen LogP) is 7.36. The first-order valence-electron chi connectivity index (χ1n) is 8.80. The van der Waals surface area contributed by atoms with E-state index in [2.05, 4.69) is 89.9 Å². The van der Waals surface area contributed by atoms with E-state index in [4.69, 9.17) is 0 Å². The van der Waals surface area contributed by atoms with Crippen molar-refractivity contribution in [2.24, 2.45) is 0 Å². The number of aromatic nitrogens is 1. The molecule has 0 unspecified atom stereocenters. The molecule has 0 spiro atoms. The summed E-state index contributed by atoms with van der Waals surface area (Å²) in [4.78, 5) is 3.72. The Morgan fingerprint density at radius 2 is 1.35 bits per heavy atom. The number of para-hydroxylation sites is 1. The van der Waals surface area contributed by atoms with Crippen LogP contribution in [0.3, 0.4) is 0 Å². The highest BCUT2D eigenvalue weighted by Gasteiger charge is 2.17. The van der Waals surface area contributed by atoms with Crippen LogP contribution in [0.1, 0.15) is 0 Å². The first-order chi connectivity index (χ1) is 12.9. The molecule has 2 aromatic heterocycles. The summed E-state index contributed by atoms with van der Waals surface area (Å²) in [7, 11) is 0. The Labute approximate surface area is 154 Å². The van der Waals surface area contributed by atoms with Crippen molar-refractivity contribution in [1.29, 1.82) is 0 Å². The van der Waals surface area contributed by atoms with Crippen LogP contribution in [0.2, 0.25) is 0 Å². The van der Waals surface area contributed by atoms with Gasteiger partial charge in [-0.3, -0.25) is 0 Å². The second kappa shape index (κ2) is 5.20. The minimum Gasteiger partial charge on any atom is -0.354 e. The van der Waals surface area contributed by atoms with Crippen LogP contribution >= 0.6 is 11.3 Å². The normalized spacial score (nSPS) is 11.8. The molecule has 0 radical (unpaired) electrons. The average molecular weight is 349 g/mol. The Balaban J connectivity index is 1.92. The monoisotopic (exact) mass is 349 g/mol. The summed E-state index contributed by atoms with van der Waals surface area (Å²) in [6.07, 6.45) is 0. The van der Waals surface area contributed by atoms with Crippen LogP contribution < -0.4 is 0 Å². The van der Waals surface area contributed by atoms with Crippen molar-refractivity contribution in [2.45, 2.75) is 0 Å². The van der Waals surface area contributed by atoms with Crippen LogP contribution in [-0.2, 0) is 0 Å². The zero-order valence-corrected chi connectivity index (χ0v) is 14.8. The molecule has 2 heteroatoms. The molecule has 0 fully saturated rings. The largest absolute Gasteiger partial charge is 0.354 e. The lowest BCUT2D eigenvalue weighted by Gasteiger charge is -2.06. The number of H-pyrrole nitrogens is 1. The maximum absolute atomic E-state index is 3.72. The number of hydrogen-bond donors (Lipinski definition) is 1.